The van der Waals surface area contributed by atoms with E-state index >= 15 is 0 Å². The van der Waals surface area contributed by atoms with E-state index in [1.807, 2.05) is 0 Å². The van der Waals surface area contributed by atoms with Crippen LogP contribution in [0.15, 0.2) is 72.8 Å². The summed E-state index contributed by atoms with van der Waals surface area (Å²) in [6.45, 7) is 7.00. The molecule has 0 amide bonds. The first-order chi connectivity index (χ1) is 12.0. The van der Waals surface area contributed by atoms with E-state index in [1.54, 1.807) is 0 Å². The van der Waals surface area contributed by atoms with Gasteiger partial charge in [-0.15, -0.1) is 11.8 Å². The second-order valence-corrected chi connectivity index (χ2v) is 10.1. The zero-order valence-electron chi connectivity index (χ0n) is 14.9. The average Bonchev–Trinajstić information content (AvgIpc) is 2.61. The van der Waals surface area contributed by atoms with Crippen molar-refractivity contribution in [3.63, 3.8) is 0 Å². The summed E-state index contributed by atoms with van der Waals surface area (Å²) in [7, 11) is 0. The van der Waals surface area contributed by atoms with Crippen LogP contribution in [0.3, 0.4) is 0 Å². The fourth-order valence-corrected chi connectivity index (χ4v) is 6.58. The molecule has 0 atom stereocenters. The van der Waals surface area contributed by atoms with Crippen LogP contribution < -0.4 is 0 Å². The molecular weight excluding hydrogens is 320 g/mol. The highest BCUT2D eigenvalue weighted by Gasteiger charge is 2.53. The molecule has 0 aromatic heterocycles. The van der Waals surface area contributed by atoms with Gasteiger partial charge in [-0.1, -0.05) is 93.6 Å². The van der Waals surface area contributed by atoms with Gasteiger partial charge in [0, 0.05) is 10.7 Å². The molecule has 0 saturated carbocycles. The topological polar surface area (TPSA) is 0 Å². The Bertz CT molecular complexity index is 861. The van der Waals surface area contributed by atoms with Crippen molar-refractivity contribution in [1.29, 1.82) is 0 Å². The number of benzene rings is 3. The van der Waals surface area contributed by atoms with E-state index in [1.165, 1.54) is 33.4 Å². The molecule has 3 aromatic rings. The van der Waals surface area contributed by atoms with Gasteiger partial charge in [-0.3, -0.25) is 0 Å². The molecule has 6 rings (SSSR count). The minimum absolute atomic E-state index is 0.114. The lowest BCUT2D eigenvalue weighted by atomic mass is 9.60. The maximum atomic E-state index is 2.35. The van der Waals surface area contributed by atoms with Crippen LogP contribution in [0.4, 0.5) is 0 Å². The summed E-state index contributed by atoms with van der Waals surface area (Å²) in [6, 6.07) is 27.3. The van der Waals surface area contributed by atoms with Crippen LogP contribution in [0, 0.1) is 0 Å². The van der Waals surface area contributed by atoms with Gasteiger partial charge < -0.3 is 0 Å². The van der Waals surface area contributed by atoms with Gasteiger partial charge in [0.05, 0.1) is 4.75 Å². The van der Waals surface area contributed by atoms with E-state index < -0.39 is 0 Å². The molecule has 2 bridgehead atoms. The zero-order chi connectivity index (χ0) is 17.2. The van der Waals surface area contributed by atoms with Crippen LogP contribution in [0.25, 0.3) is 0 Å². The predicted octanol–water partition coefficient (Wildman–Crippen LogP) is 6.32. The maximum absolute atomic E-state index is 2.35. The second kappa shape index (κ2) is 5.02. The van der Waals surface area contributed by atoms with Gasteiger partial charge in [0.2, 0.25) is 0 Å². The summed E-state index contributed by atoms with van der Waals surface area (Å²) < 4.78 is 0.0360. The molecule has 0 unspecified atom stereocenters. The number of rotatable bonds is 1. The fourth-order valence-electron chi connectivity index (χ4n) is 4.77. The van der Waals surface area contributed by atoms with Gasteiger partial charge in [0.1, 0.15) is 0 Å². The highest BCUT2D eigenvalue weighted by Crippen LogP contribution is 2.65. The summed E-state index contributed by atoms with van der Waals surface area (Å²) in [5.41, 5.74) is 8.90. The van der Waals surface area contributed by atoms with Crippen molar-refractivity contribution in [1.82, 2.24) is 0 Å². The molecule has 0 nitrogen and oxygen atoms in total. The largest absolute Gasteiger partial charge is 0.135 e. The van der Waals surface area contributed by atoms with E-state index in [0.29, 0.717) is 5.92 Å². The van der Waals surface area contributed by atoms with Gasteiger partial charge in [-0.05, 0) is 33.4 Å². The molecule has 0 aliphatic heterocycles. The summed E-state index contributed by atoms with van der Waals surface area (Å²) in [5.74, 6) is 0.367. The lowest BCUT2D eigenvalue weighted by Crippen LogP contribution is -2.42. The molecular formula is C24H22S. The SMILES string of the molecule is CC(C)(C)SC12c3ccccc3C(c3ccccc31)c1ccccc12. The molecule has 0 heterocycles. The molecule has 3 aliphatic carbocycles. The summed E-state index contributed by atoms with van der Waals surface area (Å²) in [4.78, 5) is 0. The predicted molar refractivity (Wildman–Crippen MR) is 107 cm³/mol. The van der Waals surface area contributed by atoms with Gasteiger partial charge >= 0.3 is 0 Å². The third kappa shape index (κ3) is 1.96. The quantitative estimate of drug-likeness (QED) is 0.499. The highest BCUT2D eigenvalue weighted by molar-refractivity contribution is 8.01. The summed E-state index contributed by atoms with van der Waals surface area (Å²) in [5, 5.41) is 0. The molecule has 0 saturated heterocycles. The van der Waals surface area contributed by atoms with Crippen LogP contribution in [0.1, 0.15) is 60.1 Å². The molecule has 0 spiro atoms. The fraction of sp³-hybridized carbons (Fsp3) is 0.250. The summed E-state index contributed by atoms with van der Waals surface area (Å²) >= 11 is 2.09. The highest BCUT2D eigenvalue weighted by atomic mass is 32.2. The van der Waals surface area contributed by atoms with Crippen molar-refractivity contribution in [3.05, 3.63) is 106 Å². The van der Waals surface area contributed by atoms with Gasteiger partial charge in [-0.25, -0.2) is 0 Å². The molecule has 3 aromatic carbocycles. The smallest absolute Gasteiger partial charge is 0.0921 e. The number of hydrogen-bond donors (Lipinski definition) is 0. The Hall–Kier alpha value is -1.99. The number of hydrogen-bond acceptors (Lipinski definition) is 1. The zero-order valence-corrected chi connectivity index (χ0v) is 15.7. The van der Waals surface area contributed by atoms with Crippen LogP contribution in [0.2, 0.25) is 0 Å². The van der Waals surface area contributed by atoms with E-state index in [9.17, 15) is 0 Å². The Kier molecular flexibility index (Phi) is 3.07. The Morgan fingerprint density at radius 2 is 1.00 bits per heavy atom. The first-order valence-corrected chi connectivity index (χ1v) is 9.82. The maximum Gasteiger partial charge on any atom is 0.0921 e. The van der Waals surface area contributed by atoms with Crippen molar-refractivity contribution in [2.75, 3.05) is 0 Å². The normalized spacial score (nSPS) is 22.9. The standard InChI is InChI=1S/C24H22S/c1-23(2,3)25-24-19-13-7-4-10-16(19)22(17-11-5-8-14-20(17)24)18-12-6-9-15-21(18)24/h4-15,22H,1-3H3. The molecule has 0 N–H and O–H groups in total. The minimum atomic E-state index is -0.114. The van der Waals surface area contributed by atoms with E-state index in [-0.39, 0.29) is 9.49 Å². The Labute approximate surface area is 154 Å². The van der Waals surface area contributed by atoms with E-state index in [2.05, 4.69) is 105 Å². The first-order valence-electron chi connectivity index (χ1n) is 9.01. The van der Waals surface area contributed by atoms with Crippen molar-refractivity contribution in [2.24, 2.45) is 0 Å². The number of thioether (sulfide) groups is 1. The van der Waals surface area contributed by atoms with Gasteiger partial charge in [-0.2, -0.15) is 0 Å². The summed E-state index contributed by atoms with van der Waals surface area (Å²) in [6.07, 6.45) is 0. The van der Waals surface area contributed by atoms with Crippen LogP contribution >= 0.6 is 11.8 Å². The lowest BCUT2D eigenvalue weighted by Gasteiger charge is -2.52. The Morgan fingerprint density at radius 1 is 0.640 bits per heavy atom. The molecule has 0 radical (unpaired) electrons. The van der Waals surface area contributed by atoms with Gasteiger partial charge in [0.25, 0.3) is 0 Å². The molecule has 1 heteroatoms. The first kappa shape index (κ1) is 15.3. The third-order valence-corrected chi connectivity index (χ3v) is 6.99. The second-order valence-electron chi connectivity index (χ2n) is 8.09. The van der Waals surface area contributed by atoms with Crippen molar-refractivity contribution < 1.29 is 0 Å². The van der Waals surface area contributed by atoms with E-state index in [0.717, 1.165) is 0 Å². The monoisotopic (exact) mass is 342 g/mol. The molecule has 0 fully saturated rings. The third-order valence-electron chi connectivity index (χ3n) is 5.41. The Balaban J connectivity index is 1.95. The average molecular weight is 343 g/mol. The molecule has 124 valence electrons. The van der Waals surface area contributed by atoms with Crippen molar-refractivity contribution in [3.8, 4) is 0 Å². The van der Waals surface area contributed by atoms with Crippen LogP contribution in [-0.4, -0.2) is 4.75 Å². The molecule has 3 aliphatic rings. The van der Waals surface area contributed by atoms with Crippen molar-refractivity contribution in [2.45, 2.75) is 36.2 Å². The van der Waals surface area contributed by atoms with Crippen LogP contribution in [-0.2, 0) is 4.75 Å². The van der Waals surface area contributed by atoms with Crippen molar-refractivity contribution >= 4 is 11.8 Å². The lowest BCUT2D eigenvalue weighted by molar-refractivity contribution is 0.693. The van der Waals surface area contributed by atoms with Crippen LogP contribution in [0.5, 0.6) is 0 Å². The molecule has 25 heavy (non-hydrogen) atoms. The Morgan fingerprint density at radius 3 is 1.36 bits per heavy atom. The van der Waals surface area contributed by atoms with E-state index in [4.69, 9.17) is 0 Å². The minimum Gasteiger partial charge on any atom is -0.135 e. The van der Waals surface area contributed by atoms with Gasteiger partial charge in [0.15, 0.2) is 0 Å².